The lowest BCUT2D eigenvalue weighted by Gasteiger charge is -2.14. The van der Waals surface area contributed by atoms with Gasteiger partial charge in [-0.2, -0.15) is 0 Å². The third-order valence-corrected chi connectivity index (χ3v) is 5.74. The molecular formula is C26H34BrN3O4S. The molecule has 0 radical (unpaired) electrons. The van der Waals surface area contributed by atoms with Gasteiger partial charge in [0.2, 0.25) is 0 Å². The van der Waals surface area contributed by atoms with Crippen molar-refractivity contribution in [2.24, 2.45) is 5.92 Å². The van der Waals surface area contributed by atoms with Crippen molar-refractivity contribution in [2.45, 2.75) is 52.9 Å². The van der Waals surface area contributed by atoms with E-state index >= 15 is 0 Å². The van der Waals surface area contributed by atoms with Crippen molar-refractivity contribution < 1.29 is 19.1 Å². The molecule has 0 bridgehead atoms. The van der Waals surface area contributed by atoms with Crippen molar-refractivity contribution in [3.63, 3.8) is 0 Å². The fourth-order valence-corrected chi connectivity index (χ4v) is 3.52. The Kier molecular flexibility index (Phi) is 12.6. The zero-order chi connectivity index (χ0) is 25.6. The highest BCUT2D eigenvalue weighted by Gasteiger charge is 2.15. The number of nitrogens with one attached hydrogen (secondary N) is 3. The van der Waals surface area contributed by atoms with Crippen LogP contribution in [0.1, 0.15) is 73.6 Å². The van der Waals surface area contributed by atoms with Crippen molar-refractivity contribution in [3.8, 4) is 11.5 Å². The molecule has 0 heterocycles. The molecule has 0 aliphatic carbocycles. The third kappa shape index (κ3) is 10.7. The Balaban J connectivity index is 1.85. The number of ether oxygens (including phenoxy) is 2. The largest absolute Gasteiger partial charge is 0.494 e. The lowest BCUT2D eigenvalue weighted by Crippen LogP contribution is -2.48. The van der Waals surface area contributed by atoms with Gasteiger partial charge in [0, 0.05) is 10.0 Å². The SMILES string of the molecule is CCCCCCOc1ccc(Br)cc1C(=O)NC(=S)NNC(=O)c1ccc(OCCC(C)C)cc1. The average molecular weight is 565 g/mol. The normalized spacial score (nSPS) is 10.5. The van der Waals surface area contributed by atoms with Crippen LogP contribution in [-0.4, -0.2) is 30.1 Å². The number of rotatable bonds is 12. The average Bonchev–Trinajstić information content (AvgIpc) is 2.83. The molecule has 7 nitrogen and oxygen atoms in total. The van der Waals surface area contributed by atoms with Gasteiger partial charge >= 0.3 is 0 Å². The molecular weight excluding hydrogens is 530 g/mol. The van der Waals surface area contributed by atoms with Gasteiger partial charge in [-0.05, 0) is 73.4 Å². The van der Waals surface area contributed by atoms with Gasteiger partial charge in [-0.15, -0.1) is 0 Å². The first-order chi connectivity index (χ1) is 16.8. The molecule has 2 aromatic rings. The lowest BCUT2D eigenvalue weighted by atomic mass is 10.1. The topological polar surface area (TPSA) is 88.7 Å². The maximum Gasteiger partial charge on any atom is 0.269 e. The predicted octanol–water partition coefficient (Wildman–Crippen LogP) is 5.78. The van der Waals surface area contributed by atoms with Crippen LogP contribution < -0.4 is 25.6 Å². The monoisotopic (exact) mass is 563 g/mol. The van der Waals surface area contributed by atoms with Crippen molar-refractivity contribution in [1.82, 2.24) is 16.2 Å². The summed E-state index contributed by atoms with van der Waals surface area (Å²) in [5.41, 5.74) is 5.82. The molecule has 2 rings (SSSR count). The minimum atomic E-state index is -0.440. The van der Waals surface area contributed by atoms with Crippen LogP contribution in [0.3, 0.4) is 0 Å². The molecule has 0 aliphatic rings. The lowest BCUT2D eigenvalue weighted by molar-refractivity contribution is 0.0933. The number of halogens is 1. The number of hydrogen-bond acceptors (Lipinski definition) is 5. The summed E-state index contributed by atoms with van der Waals surface area (Å²) in [5, 5.41) is 2.53. The summed E-state index contributed by atoms with van der Waals surface area (Å²) < 4.78 is 12.2. The van der Waals surface area contributed by atoms with Crippen molar-refractivity contribution in [2.75, 3.05) is 13.2 Å². The van der Waals surface area contributed by atoms with E-state index in [0.717, 1.165) is 36.6 Å². The fourth-order valence-electron chi connectivity index (χ4n) is 3.02. The number of carbonyl (C=O) groups is 2. The fraction of sp³-hybridized carbons (Fsp3) is 0.423. The Hall–Kier alpha value is -2.65. The van der Waals surface area contributed by atoms with E-state index in [4.69, 9.17) is 21.7 Å². The number of amides is 2. The van der Waals surface area contributed by atoms with Crippen LogP contribution in [0.5, 0.6) is 11.5 Å². The molecule has 0 fully saturated rings. The summed E-state index contributed by atoms with van der Waals surface area (Å²) >= 11 is 8.55. The highest BCUT2D eigenvalue weighted by Crippen LogP contribution is 2.23. The standard InChI is InChI=1S/C26H34BrN3O4S/c1-4-5-6-7-15-34-23-13-10-20(27)17-22(23)25(32)28-26(35)30-29-24(31)19-8-11-21(12-9-19)33-16-14-18(2)3/h8-13,17-18H,4-7,14-16H2,1-3H3,(H,29,31)(H2,28,30,32,35). The molecule has 0 saturated heterocycles. The molecule has 3 N–H and O–H groups in total. The molecule has 0 atom stereocenters. The Morgan fingerprint density at radius 1 is 0.943 bits per heavy atom. The predicted molar refractivity (Wildman–Crippen MR) is 146 cm³/mol. The minimum Gasteiger partial charge on any atom is -0.494 e. The molecule has 0 unspecified atom stereocenters. The van der Waals surface area contributed by atoms with E-state index < -0.39 is 11.8 Å². The van der Waals surface area contributed by atoms with Crippen LogP contribution in [0.2, 0.25) is 0 Å². The molecule has 190 valence electrons. The van der Waals surface area contributed by atoms with Gasteiger partial charge < -0.3 is 9.47 Å². The summed E-state index contributed by atoms with van der Waals surface area (Å²) in [7, 11) is 0. The minimum absolute atomic E-state index is 0.0362. The molecule has 9 heteroatoms. The maximum absolute atomic E-state index is 12.8. The van der Waals surface area contributed by atoms with Gasteiger partial charge in [0.15, 0.2) is 5.11 Å². The van der Waals surface area contributed by atoms with E-state index in [1.165, 1.54) is 0 Å². The Bertz CT molecular complexity index is 983. The van der Waals surface area contributed by atoms with Gasteiger partial charge in [-0.1, -0.05) is 56.0 Å². The number of carbonyl (C=O) groups excluding carboxylic acids is 2. The number of hydrazine groups is 1. The highest BCUT2D eigenvalue weighted by molar-refractivity contribution is 9.10. The molecule has 0 saturated carbocycles. The van der Waals surface area contributed by atoms with E-state index in [-0.39, 0.29) is 5.11 Å². The number of hydrogen-bond donors (Lipinski definition) is 3. The maximum atomic E-state index is 12.8. The second kappa shape index (κ2) is 15.4. The van der Waals surface area contributed by atoms with Gasteiger partial charge in [-0.25, -0.2) is 0 Å². The molecule has 2 amide bonds. The summed E-state index contributed by atoms with van der Waals surface area (Å²) in [6.45, 7) is 7.58. The van der Waals surface area contributed by atoms with Crippen LogP contribution in [0, 0.1) is 5.92 Å². The van der Waals surface area contributed by atoms with Crippen LogP contribution in [0.4, 0.5) is 0 Å². The Labute approximate surface area is 221 Å². The molecule has 0 aromatic heterocycles. The summed E-state index contributed by atoms with van der Waals surface area (Å²) in [6.07, 6.45) is 5.25. The van der Waals surface area contributed by atoms with Crippen molar-refractivity contribution in [1.29, 1.82) is 0 Å². The van der Waals surface area contributed by atoms with Crippen LogP contribution in [-0.2, 0) is 0 Å². The molecule has 0 aliphatic heterocycles. The van der Waals surface area contributed by atoms with Crippen LogP contribution >= 0.6 is 28.1 Å². The molecule has 35 heavy (non-hydrogen) atoms. The number of thiocarbonyl (C=S) groups is 1. The van der Waals surface area contributed by atoms with Gasteiger partial charge in [0.05, 0.1) is 18.8 Å². The first kappa shape index (κ1) is 28.6. The van der Waals surface area contributed by atoms with Crippen LogP contribution in [0.25, 0.3) is 0 Å². The van der Waals surface area contributed by atoms with E-state index in [0.29, 0.717) is 41.8 Å². The number of benzene rings is 2. The molecule has 0 spiro atoms. The van der Waals surface area contributed by atoms with Gasteiger partial charge in [0.25, 0.3) is 11.8 Å². The van der Waals surface area contributed by atoms with Gasteiger partial charge in [0.1, 0.15) is 11.5 Å². The zero-order valence-corrected chi connectivity index (χ0v) is 22.9. The quantitative estimate of drug-likeness (QED) is 0.172. The zero-order valence-electron chi connectivity index (χ0n) is 20.5. The van der Waals surface area contributed by atoms with Gasteiger partial charge in [-0.3, -0.25) is 25.8 Å². The number of unbranched alkanes of at least 4 members (excludes halogenated alkanes) is 3. The summed E-state index contributed by atoms with van der Waals surface area (Å²) in [4.78, 5) is 25.2. The summed E-state index contributed by atoms with van der Waals surface area (Å²) in [5.74, 6) is 0.909. The van der Waals surface area contributed by atoms with E-state index in [1.54, 1.807) is 36.4 Å². The third-order valence-electron chi connectivity index (χ3n) is 5.04. The van der Waals surface area contributed by atoms with E-state index in [9.17, 15) is 9.59 Å². The smallest absolute Gasteiger partial charge is 0.269 e. The summed E-state index contributed by atoms with van der Waals surface area (Å²) in [6, 6.07) is 12.0. The van der Waals surface area contributed by atoms with E-state index in [2.05, 4.69) is 52.9 Å². The molecule has 2 aromatic carbocycles. The highest BCUT2D eigenvalue weighted by atomic mass is 79.9. The first-order valence-electron chi connectivity index (χ1n) is 11.9. The van der Waals surface area contributed by atoms with Crippen LogP contribution in [0.15, 0.2) is 46.9 Å². The second-order valence-electron chi connectivity index (χ2n) is 8.47. The van der Waals surface area contributed by atoms with Crippen molar-refractivity contribution >= 4 is 45.1 Å². The van der Waals surface area contributed by atoms with E-state index in [1.807, 2.05) is 6.07 Å². The Morgan fingerprint density at radius 2 is 1.69 bits per heavy atom. The van der Waals surface area contributed by atoms with Crippen molar-refractivity contribution in [3.05, 3.63) is 58.1 Å². The Morgan fingerprint density at radius 3 is 2.37 bits per heavy atom. The second-order valence-corrected chi connectivity index (χ2v) is 9.79. The first-order valence-corrected chi connectivity index (χ1v) is 13.1.